The number of quaternary nitrogens is 1. The minimum Gasteiger partial charge on any atom is -0.457 e. The number of ether oxygens (including phenoxy) is 1. The predicted octanol–water partition coefficient (Wildman–Crippen LogP) is 1.21. The molecule has 5 nitrogen and oxygen atoms in total. The Bertz CT molecular complexity index is 723. The molecular weight excluding hydrogens is 312 g/mol. The number of rotatable bonds is 7. The SMILES string of the molecule is Cc1ccc(Oc2ccc(S(=O)(=O)NCC[NH+](C)C)cc2)cc1. The normalized spacial score (nSPS) is 11.7. The number of benzene rings is 2. The molecule has 124 valence electrons. The van der Waals surface area contributed by atoms with Crippen LogP contribution in [0.1, 0.15) is 5.56 Å². The highest BCUT2D eigenvalue weighted by Gasteiger charge is 2.14. The minimum atomic E-state index is -3.47. The van der Waals surface area contributed by atoms with Crippen molar-refractivity contribution in [3.05, 3.63) is 54.1 Å². The summed E-state index contributed by atoms with van der Waals surface area (Å²) in [4.78, 5) is 1.43. The Morgan fingerprint density at radius 1 is 0.957 bits per heavy atom. The highest BCUT2D eigenvalue weighted by molar-refractivity contribution is 7.89. The first-order valence-electron chi connectivity index (χ1n) is 7.50. The van der Waals surface area contributed by atoms with Crippen LogP contribution < -0.4 is 14.4 Å². The topological polar surface area (TPSA) is 59.8 Å². The number of hydrogen-bond donors (Lipinski definition) is 2. The summed E-state index contributed by atoms with van der Waals surface area (Å²) in [5.41, 5.74) is 1.16. The van der Waals surface area contributed by atoms with Crippen molar-refractivity contribution in [1.29, 1.82) is 0 Å². The molecule has 0 saturated heterocycles. The van der Waals surface area contributed by atoms with E-state index in [2.05, 4.69) is 4.72 Å². The van der Waals surface area contributed by atoms with Crippen molar-refractivity contribution in [2.45, 2.75) is 11.8 Å². The van der Waals surface area contributed by atoms with E-state index in [1.807, 2.05) is 45.3 Å². The second-order valence-electron chi connectivity index (χ2n) is 5.74. The zero-order valence-electron chi connectivity index (χ0n) is 13.7. The molecule has 0 unspecified atom stereocenters. The fraction of sp³-hybridized carbons (Fsp3) is 0.294. The molecule has 0 amide bonds. The van der Waals surface area contributed by atoms with Crippen LogP contribution in [0.15, 0.2) is 53.4 Å². The van der Waals surface area contributed by atoms with Gasteiger partial charge in [0.05, 0.1) is 32.1 Å². The monoisotopic (exact) mass is 335 g/mol. The number of hydrogen-bond acceptors (Lipinski definition) is 3. The second-order valence-corrected chi connectivity index (χ2v) is 7.51. The third kappa shape index (κ3) is 5.35. The van der Waals surface area contributed by atoms with Gasteiger partial charge in [0.15, 0.2) is 0 Å². The van der Waals surface area contributed by atoms with Gasteiger partial charge in [-0.2, -0.15) is 0 Å². The number of sulfonamides is 1. The molecule has 0 radical (unpaired) electrons. The molecule has 0 atom stereocenters. The zero-order valence-corrected chi connectivity index (χ0v) is 14.5. The molecule has 0 fully saturated rings. The lowest BCUT2D eigenvalue weighted by Gasteiger charge is -2.10. The number of likely N-dealkylation sites (N-methyl/N-ethyl adjacent to an activating group) is 1. The quantitative estimate of drug-likeness (QED) is 0.800. The average molecular weight is 335 g/mol. The third-order valence-electron chi connectivity index (χ3n) is 3.31. The zero-order chi connectivity index (χ0) is 16.9. The molecular formula is C17H23N2O3S+. The Morgan fingerprint density at radius 3 is 2.00 bits per heavy atom. The molecule has 2 N–H and O–H groups in total. The molecule has 0 heterocycles. The molecule has 0 aliphatic carbocycles. The fourth-order valence-electron chi connectivity index (χ4n) is 1.95. The lowest BCUT2D eigenvalue weighted by molar-refractivity contribution is -0.856. The van der Waals surface area contributed by atoms with Crippen LogP contribution in [-0.2, 0) is 10.0 Å². The molecule has 0 spiro atoms. The van der Waals surface area contributed by atoms with E-state index in [0.29, 0.717) is 12.3 Å². The van der Waals surface area contributed by atoms with Gasteiger partial charge in [0.25, 0.3) is 0 Å². The van der Waals surface area contributed by atoms with Crippen LogP contribution in [-0.4, -0.2) is 35.6 Å². The molecule has 2 aromatic rings. The van der Waals surface area contributed by atoms with Crippen molar-refractivity contribution in [3.8, 4) is 11.5 Å². The van der Waals surface area contributed by atoms with Gasteiger partial charge in [-0.1, -0.05) is 17.7 Å². The van der Waals surface area contributed by atoms with Gasteiger partial charge in [-0.3, -0.25) is 0 Å². The van der Waals surface area contributed by atoms with Gasteiger partial charge in [-0.05, 0) is 43.3 Å². The van der Waals surface area contributed by atoms with Crippen LogP contribution in [0.2, 0.25) is 0 Å². The third-order valence-corrected chi connectivity index (χ3v) is 4.78. The van der Waals surface area contributed by atoms with E-state index in [1.165, 1.54) is 4.90 Å². The van der Waals surface area contributed by atoms with Gasteiger partial charge in [0, 0.05) is 0 Å². The standard InChI is InChI=1S/C17H22N2O3S/c1-14-4-6-15(7-5-14)22-16-8-10-17(11-9-16)23(20,21)18-12-13-19(2)3/h4-11,18H,12-13H2,1-3H3/p+1. The predicted molar refractivity (Wildman–Crippen MR) is 90.6 cm³/mol. The Morgan fingerprint density at radius 2 is 1.48 bits per heavy atom. The summed E-state index contributed by atoms with van der Waals surface area (Å²) in [5.74, 6) is 1.32. The lowest BCUT2D eigenvalue weighted by Crippen LogP contribution is -3.06. The maximum Gasteiger partial charge on any atom is 0.240 e. The maximum absolute atomic E-state index is 12.2. The van der Waals surface area contributed by atoms with E-state index in [4.69, 9.17) is 4.74 Å². The first-order valence-corrected chi connectivity index (χ1v) is 8.98. The Labute approximate surface area is 137 Å². The smallest absolute Gasteiger partial charge is 0.240 e. The van der Waals surface area contributed by atoms with Crippen LogP contribution in [0.3, 0.4) is 0 Å². The highest BCUT2D eigenvalue weighted by atomic mass is 32.2. The summed E-state index contributed by atoms with van der Waals surface area (Å²) in [6, 6.07) is 14.1. The summed E-state index contributed by atoms with van der Waals surface area (Å²) in [6.07, 6.45) is 0. The Kier molecular flexibility index (Phi) is 5.76. The van der Waals surface area contributed by atoms with Gasteiger partial charge < -0.3 is 9.64 Å². The van der Waals surface area contributed by atoms with Crippen LogP contribution in [0, 0.1) is 6.92 Å². The van der Waals surface area contributed by atoms with Gasteiger partial charge in [0.1, 0.15) is 11.5 Å². The molecule has 0 aliphatic heterocycles. The van der Waals surface area contributed by atoms with E-state index < -0.39 is 10.0 Å². The van der Waals surface area contributed by atoms with Crippen molar-refractivity contribution < 1.29 is 18.1 Å². The van der Waals surface area contributed by atoms with E-state index in [0.717, 1.165) is 17.9 Å². The number of aryl methyl sites for hydroxylation is 1. The van der Waals surface area contributed by atoms with E-state index in [9.17, 15) is 8.42 Å². The summed E-state index contributed by atoms with van der Waals surface area (Å²) in [6.45, 7) is 3.15. The van der Waals surface area contributed by atoms with Crippen molar-refractivity contribution in [1.82, 2.24) is 4.72 Å². The molecule has 0 aromatic heterocycles. The molecule has 2 aromatic carbocycles. The number of nitrogens with one attached hydrogen (secondary N) is 2. The largest absolute Gasteiger partial charge is 0.457 e. The van der Waals surface area contributed by atoms with Gasteiger partial charge in [-0.25, -0.2) is 13.1 Å². The maximum atomic E-state index is 12.2. The van der Waals surface area contributed by atoms with Crippen molar-refractivity contribution in [2.24, 2.45) is 0 Å². The van der Waals surface area contributed by atoms with Gasteiger partial charge in [-0.15, -0.1) is 0 Å². The van der Waals surface area contributed by atoms with Crippen molar-refractivity contribution in [3.63, 3.8) is 0 Å². The highest BCUT2D eigenvalue weighted by Crippen LogP contribution is 2.23. The molecule has 6 heteroatoms. The molecule has 0 saturated carbocycles. The van der Waals surface area contributed by atoms with E-state index in [-0.39, 0.29) is 4.90 Å². The van der Waals surface area contributed by atoms with E-state index in [1.54, 1.807) is 24.3 Å². The second kappa shape index (κ2) is 7.59. The molecule has 23 heavy (non-hydrogen) atoms. The molecule has 0 aliphatic rings. The first-order chi connectivity index (χ1) is 10.9. The molecule has 0 bridgehead atoms. The van der Waals surface area contributed by atoms with E-state index >= 15 is 0 Å². The van der Waals surface area contributed by atoms with Crippen LogP contribution in [0.4, 0.5) is 0 Å². The average Bonchev–Trinajstić information content (AvgIpc) is 2.49. The lowest BCUT2D eigenvalue weighted by atomic mass is 10.2. The van der Waals surface area contributed by atoms with Gasteiger partial charge in [0.2, 0.25) is 10.0 Å². The fourth-order valence-corrected chi connectivity index (χ4v) is 2.98. The van der Waals surface area contributed by atoms with Crippen LogP contribution in [0.25, 0.3) is 0 Å². The van der Waals surface area contributed by atoms with Crippen molar-refractivity contribution >= 4 is 10.0 Å². The summed E-state index contributed by atoms with van der Waals surface area (Å²) >= 11 is 0. The summed E-state index contributed by atoms with van der Waals surface area (Å²) in [7, 11) is 0.485. The van der Waals surface area contributed by atoms with Crippen LogP contribution in [0.5, 0.6) is 11.5 Å². The Hall–Kier alpha value is -1.89. The first kappa shape index (κ1) is 17.5. The Balaban J connectivity index is 2.02. The van der Waals surface area contributed by atoms with Crippen LogP contribution >= 0.6 is 0 Å². The minimum absolute atomic E-state index is 0.238. The summed E-state index contributed by atoms with van der Waals surface area (Å²) < 4.78 is 32.6. The summed E-state index contributed by atoms with van der Waals surface area (Å²) in [5, 5.41) is 0. The van der Waals surface area contributed by atoms with Gasteiger partial charge >= 0.3 is 0 Å². The van der Waals surface area contributed by atoms with Crippen molar-refractivity contribution in [2.75, 3.05) is 27.2 Å². The molecule has 2 rings (SSSR count).